The molecule has 0 saturated carbocycles. The van der Waals surface area contributed by atoms with Gasteiger partial charge in [0, 0.05) is 65.4 Å². The number of hydrogen-bond donors (Lipinski definition) is 0. The number of allylic oxidation sites excluding steroid dienone is 2. The molecular weight excluding hydrogens is 250 g/mol. The van der Waals surface area contributed by atoms with Crippen LogP contribution in [0, 0.1) is 13.8 Å². The van der Waals surface area contributed by atoms with Crippen molar-refractivity contribution in [1.82, 2.24) is 0 Å². The summed E-state index contributed by atoms with van der Waals surface area (Å²) in [7, 11) is 0. The summed E-state index contributed by atoms with van der Waals surface area (Å²) in [5, 5.41) is 0. The molecule has 0 rings (SSSR count). The maximum atomic E-state index is 3.48. The molecule has 0 aliphatic carbocycles. The van der Waals surface area contributed by atoms with Gasteiger partial charge in [0.15, 0.2) is 0 Å². The second-order valence-electron chi connectivity index (χ2n) is 1.21. The summed E-state index contributed by atoms with van der Waals surface area (Å²) in [5.74, 6) is 0. The summed E-state index contributed by atoms with van der Waals surface area (Å²) >= 11 is 0. The summed E-state index contributed by atoms with van der Waals surface area (Å²) in [5.41, 5.74) is 1.41. The normalized spacial score (nSPS) is 5.50. The van der Waals surface area contributed by atoms with E-state index in [1.54, 1.807) is 0 Å². The minimum Gasteiger partial charge on any atom is -0.307 e. The van der Waals surface area contributed by atoms with Gasteiger partial charge in [0.2, 0.25) is 0 Å². The third-order valence-electron chi connectivity index (χ3n) is 0.500. The third-order valence-corrected chi connectivity index (χ3v) is 0.500. The first kappa shape index (κ1) is 16.2. The molecule has 0 aliphatic heterocycles. The minimum absolute atomic E-state index is 0. The van der Waals surface area contributed by atoms with Gasteiger partial charge in [-0.2, -0.15) is 0 Å². The summed E-state index contributed by atoms with van der Waals surface area (Å²) in [6, 6.07) is 0. The molecule has 0 spiro atoms. The van der Waals surface area contributed by atoms with Crippen LogP contribution in [0.15, 0.2) is 24.3 Å². The molecular formula is C6H8Y2-2. The van der Waals surface area contributed by atoms with Crippen molar-refractivity contribution in [3.05, 3.63) is 38.2 Å². The SMILES string of the molecule is C=C([CH2-])C(=C)[CH2-].[Y].[Y]. The van der Waals surface area contributed by atoms with E-state index in [9.17, 15) is 0 Å². The quantitative estimate of drug-likeness (QED) is 0.496. The molecule has 0 aliphatic rings. The fraction of sp³-hybridized carbons (Fsp3) is 0. The zero-order chi connectivity index (χ0) is 5.15. The van der Waals surface area contributed by atoms with Gasteiger partial charge in [-0.05, 0) is 0 Å². The van der Waals surface area contributed by atoms with Gasteiger partial charge < -0.3 is 11.1 Å². The van der Waals surface area contributed by atoms with Crippen LogP contribution < -0.4 is 0 Å². The summed E-state index contributed by atoms with van der Waals surface area (Å²) in [6.07, 6.45) is 0. The van der Waals surface area contributed by atoms with Crippen LogP contribution in [0.1, 0.15) is 0 Å². The molecule has 0 saturated heterocycles. The molecule has 0 heterocycles. The van der Waals surface area contributed by atoms with E-state index < -0.39 is 0 Å². The van der Waals surface area contributed by atoms with Crippen molar-refractivity contribution in [3.8, 4) is 0 Å². The van der Waals surface area contributed by atoms with Gasteiger partial charge in [-0.1, -0.05) is 0 Å². The fourth-order valence-electron chi connectivity index (χ4n) is 0. The van der Waals surface area contributed by atoms with E-state index in [-0.39, 0.29) is 65.4 Å². The second kappa shape index (κ2) is 8.43. The molecule has 0 nitrogen and oxygen atoms in total. The predicted octanol–water partition coefficient (Wildman–Crippen LogP) is 1.76. The Bertz CT molecular complexity index is 72.5. The Labute approximate surface area is 102 Å². The van der Waals surface area contributed by atoms with Crippen LogP contribution in [-0.4, -0.2) is 0 Å². The third kappa shape index (κ3) is 10.4. The first-order chi connectivity index (χ1) is 2.64. The Morgan fingerprint density at radius 3 is 1.00 bits per heavy atom. The summed E-state index contributed by atoms with van der Waals surface area (Å²) < 4.78 is 0. The van der Waals surface area contributed by atoms with Crippen LogP contribution in [0.4, 0.5) is 0 Å². The molecule has 2 heteroatoms. The molecule has 0 bridgehead atoms. The minimum atomic E-state index is 0. The monoisotopic (exact) mass is 258 g/mol. The first-order valence-electron chi connectivity index (χ1n) is 1.66. The Morgan fingerprint density at radius 1 is 0.875 bits per heavy atom. The van der Waals surface area contributed by atoms with Gasteiger partial charge >= 0.3 is 0 Å². The first-order valence-corrected chi connectivity index (χ1v) is 1.66. The van der Waals surface area contributed by atoms with Crippen LogP contribution in [0.5, 0.6) is 0 Å². The maximum Gasteiger partial charge on any atom is 0 e. The zero-order valence-corrected chi connectivity index (χ0v) is 10.7. The molecule has 0 aromatic heterocycles. The largest absolute Gasteiger partial charge is 0.307 e. The van der Waals surface area contributed by atoms with Crippen molar-refractivity contribution in [2.24, 2.45) is 0 Å². The van der Waals surface area contributed by atoms with Gasteiger partial charge in [-0.3, -0.25) is 27.0 Å². The predicted molar refractivity (Wildman–Crippen MR) is 29.0 cm³/mol. The van der Waals surface area contributed by atoms with E-state index in [4.69, 9.17) is 0 Å². The van der Waals surface area contributed by atoms with Gasteiger partial charge in [0.25, 0.3) is 0 Å². The molecule has 0 N–H and O–H groups in total. The van der Waals surface area contributed by atoms with Gasteiger partial charge in [0.1, 0.15) is 0 Å². The van der Waals surface area contributed by atoms with E-state index >= 15 is 0 Å². The maximum absolute atomic E-state index is 3.48. The van der Waals surface area contributed by atoms with E-state index in [1.165, 1.54) is 0 Å². The Morgan fingerprint density at radius 2 is 1.00 bits per heavy atom. The molecule has 2 radical (unpaired) electrons. The fourth-order valence-corrected chi connectivity index (χ4v) is 0. The van der Waals surface area contributed by atoms with Gasteiger partial charge in [-0.25, -0.2) is 0 Å². The molecule has 0 aromatic carbocycles. The molecule has 8 heavy (non-hydrogen) atoms. The Kier molecular flexibility index (Phi) is 17.1. The standard InChI is InChI=1S/C6H8.2Y/c1-5(2)6(3)4;;/h1-4H2;;/q-2;;. The molecule has 0 aromatic rings. The molecule has 0 atom stereocenters. The zero-order valence-electron chi connectivity index (χ0n) is 4.98. The number of rotatable bonds is 1. The van der Waals surface area contributed by atoms with Crippen LogP contribution >= 0.6 is 0 Å². The van der Waals surface area contributed by atoms with Crippen molar-refractivity contribution in [2.45, 2.75) is 0 Å². The van der Waals surface area contributed by atoms with Crippen LogP contribution in [0.2, 0.25) is 0 Å². The average Bonchev–Trinajstić information content (AvgIpc) is 1.36. The molecule has 0 amide bonds. The van der Waals surface area contributed by atoms with Crippen LogP contribution in [0.25, 0.3) is 0 Å². The van der Waals surface area contributed by atoms with Crippen LogP contribution in [0.3, 0.4) is 0 Å². The van der Waals surface area contributed by atoms with E-state index in [0.29, 0.717) is 11.1 Å². The molecule has 40 valence electrons. The summed E-state index contributed by atoms with van der Waals surface area (Å²) in [6.45, 7) is 13.9. The van der Waals surface area contributed by atoms with Gasteiger partial charge in [0.05, 0.1) is 0 Å². The number of hydrogen-bond acceptors (Lipinski definition) is 0. The van der Waals surface area contributed by atoms with E-state index in [2.05, 4.69) is 27.0 Å². The molecule has 0 fully saturated rings. The van der Waals surface area contributed by atoms with Crippen molar-refractivity contribution in [2.75, 3.05) is 0 Å². The molecule has 0 unspecified atom stereocenters. The smallest absolute Gasteiger partial charge is 0 e. The van der Waals surface area contributed by atoms with Crippen molar-refractivity contribution < 1.29 is 65.4 Å². The van der Waals surface area contributed by atoms with Crippen LogP contribution in [-0.2, 0) is 65.4 Å². The van der Waals surface area contributed by atoms with E-state index in [1.807, 2.05) is 0 Å². The Hall–Kier alpha value is 1.43. The van der Waals surface area contributed by atoms with Crippen molar-refractivity contribution >= 4 is 0 Å². The van der Waals surface area contributed by atoms with E-state index in [0.717, 1.165) is 0 Å². The van der Waals surface area contributed by atoms with Crippen molar-refractivity contribution in [1.29, 1.82) is 0 Å². The topological polar surface area (TPSA) is 0 Å². The van der Waals surface area contributed by atoms with Crippen molar-refractivity contribution in [3.63, 3.8) is 0 Å². The Balaban J connectivity index is -0.000000125. The average molecular weight is 258 g/mol. The van der Waals surface area contributed by atoms with Gasteiger partial charge in [-0.15, -0.1) is 0 Å². The second-order valence-corrected chi connectivity index (χ2v) is 1.21. The summed E-state index contributed by atoms with van der Waals surface area (Å²) in [4.78, 5) is 0.